The van der Waals surface area contributed by atoms with Gasteiger partial charge >= 0.3 is 0 Å². The van der Waals surface area contributed by atoms with Crippen molar-refractivity contribution >= 4 is 5.91 Å². The first-order valence-electron chi connectivity index (χ1n) is 5.98. The molecule has 0 atom stereocenters. The number of hydrogen-bond donors (Lipinski definition) is 2. The largest absolute Gasteiger partial charge is 0.354 e. The minimum atomic E-state index is -0.482. The molecule has 1 amide bonds. The molecule has 4 heteroatoms. The van der Waals surface area contributed by atoms with E-state index in [1.807, 2.05) is 13.8 Å². The molecule has 16 heavy (non-hydrogen) atoms. The average Bonchev–Trinajstić information content (AvgIpc) is 2.23. The van der Waals surface area contributed by atoms with Crippen LogP contribution in [0.25, 0.3) is 0 Å². The highest BCUT2D eigenvalue weighted by Gasteiger charge is 2.24. The molecule has 2 N–H and O–H groups in total. The van der Waals surface area contributed by atoms with Crippen molar-refractivity contribution in [1.82, 2.24) is 15.5 Å². The molecule has 96 valence electrons. The fraction of sp³-hybridized carbons (Fsp3) is 0.917. The summed E-state index contributed by atoms with van der Waals surface area (Å²) in [6.07, 6.45) is 0.986. The fourth-order valence-corrected chi connectivity index (χ4v) is 1.12. The summed E-state index contributed by atoms with van der Waals surface area (Å²) in [5, 5.41) is 5.93. The molecule has 0 saturated heterocycles. The summed E-state index contributed by atoms with van der Waals surface area (Å²) in [5.41, 5.74) is -0.482. The molecule has 0 saturated carbocycles. The first-order valence-corrected chi connectivity index (χ1v) is 5.98. The van der Waals surface area contributed by atoms with Crippen molar-refractivity contribution in [3.05, 3.63) is 0 Å². The van der Waals surface area contributed by atoms with Crippen molar-refractivity contribution < 1.29 is 4.79 Å². The zero-order chi connectivity index (χ0) is 12.8. The number of carbonyl (C=O) groups excluding carboxylic acids is 1. The summed E-state index contributed by atoms with van der Waals surface area (Å²) in [7, 11) is 3.90. The van der Waals surface area contributed by atoms with Crippen molar-refractivity contribution in [3.63, 3.8) is 0 Å². The van der Waals surface area contributed by atoms with Crippen LogP contribution in [0.5, 0.6) is 0 Å². The molecule has 0 aromatic carbocycles. The minimum Gasteiger partial charge on any atom is -0.354 e. The highest BCUT2D eigenvalue weighted by Crippen LogP contribution is 2.00. The minimum absolute atomic E-state index is 0.0576. The van der Waals surface area contributed by atoms with Gasteiger partial charge in [-0.2, -0.15) is 0 Å². The van der Waals surface area contributed by atoms with Crippen LogP contribution in [0, 0.1) is 0 Å². The van der Waals surface area contributed by atoms with Crippen molar-refractivity contribution in [2.24, 2.45) is 0 Å². The standard InChI is InChI=1S/C12H27N3O/c1-10(2)15(6)9-7-8-14-11(16)12(3,4)13-5/h10,13H,7-9H2,1-6H3,(H,14,16). The Balaban J connectivity index is 3.72. The zero-order valence-electron chi connectivity index (χ0n) is 11.6. The molecule has 0 aliphatic rings. The van der Waals surface area contributed by atoms with Gasteiger partial charge in [0.05, 0.1) is 5.54 Å². The van der Waals surface area contributed by atoms with Crippen LogP contribution in [0.2, 0.25) is 0 Å². The predicted molar refractivity (Wildman–Crippen MR) is 68.5 cm³/mol. The van der Waals surface area contributed by atoms with E-state index in [4.69, 9.17) is 0 Å². The molecule has 0 aliphatic heterocycles. The van der Waals surface area contributed by atoms with Gasteiger partial charge in [-0.05, 0) is 54.8 Å². The molecule has 0 bridgehead atoms. The Labute approximate surface area is 99.8 Å². The normalized spacial score (nSPS) is 12.2. The Morgan fingerprint density at radius 2 is 1.94 bits per heavy atom. The maximum Gasteiger partial charge on any atom is 0.239 e. The average molecular weight is 229 g/mol. The second-order valence-electron chi connectivity index (χ2n) is 5.06. The number of carbonyl (C=O) groups is 1. The Morgan fingerprint density at radius 1 is 1.38 bits per heavy atom. The molecule has 4 nitrogen and oxygen atoms in total. The zero-order valence-corrected chi connectivity index (χ0v) is 11.6. The van der Waals surface area contributed by atoms with Crippen LogP contribution in [0.1, 0.15) is 34.1 Å². The number of nitrogens with one attached hydrogen (secondary N) is 2. The topological polar surface area (TPSA) is 44.4 Å². The lowest BCUT2D eigenvalue weighted by molar-refractivity contribution is -0.126. The third-order valence-electron chi connectivity index (χ3n) is 3.05. The van der Waals surface area contributed by atoms with E-state index < -0.39 is 5.54 Å². The Bertz CT molecular complexity index is 214. The van der Waals surface area contributed by atoms with E-state index in [0.717, 1.165) is 19.5 Å². The molecule has 0 aromatic rings. The summed E-state index contributed by atoms with van der Waals surface area (Å²) in [6, 6.07) is 0.560. The van der Waals surface area contributed by atoms with Gasteiger partial charge in [0.25, 0.3) is 0 Å². The van der Waals surface area contributed by atoms with Gasteiger partial charge in [0.1, 0.15) is 0 Å². The van der Waals surface area contributed by atoms with E-state index in [-0.39, 0.29) is 5.91 Å². The third kappa shape index (κ3) is 5.47. The van der Waals surface area contributed by atoms with E-state index in [2.05, 4.69) is 36.4 Å². The van der Waals surface area contributed by atoms with Crippen LogP contribution >= 0.6 is 0 Å². The molecule has 0 radical (unpaired) electrons. The Morgan fingerprint density at radius 3 is 2.38 bits per heavy atom. The van der Waals surface area contributed by atoms with E-state index in [1.165, 1.54) is 0 Å². The maximum atomic E-state index is 11.7. The summed E-state index contributed by atoms with van der Waals surface area (Å²) < 4.78 is 0. The van der Waals surface area contributed by atoms with Gasteiger partial charge in [0, 0.05) is 12.6 Å². The quantitative estimate of drug-likeness (QED) is 0.636. The summed E-state index contributed by atoms with van der Waals surface area (Å²) >= 11 is 0. The van der Waals surface area contributed by atoms with Crippen LogP contribution < -0.4 is 10.6 Å². The fourth-order valence-electron chi connectivity index (χ4n) is 1.12. The molecule has 0 fully saturated rings. The lowest BCUT2D eigenvalue weighted by Crippen LogP contribution is -2.51. The van der Waals surface area contributed by atoms with E-state index >= 15 is 0 Å². The highest BCUT2D eigenvalue weighted by atomic mass is 16.2. The van der Waals surface area contributed by atoms with Crippen LogP contribution in [0.15, 0.2) is 0 Å². The molecule has 0 aromatic heterocycles. The molecule has 0 rings (SSSR count). The highest BCUT2D eigenvalue weighted by molar-refractivity contribution is 5.85. The van der Waals surface area contributed by atoms with Gasteiger partial charge < -0.3 is 15.5 Å². The lowest BCUT2D eigenvalue weighted by atomic mass is 10.1. The second kappa shape index (κ2) is 6.86. The number of hydrogen-bond acceptors (Lipinski definition) is 3. The van der Waals surface area contributed by atoms with Gasteiger partial charge in [-0.3, -0.25) is 4.79 Å². The van der Waals surface area contributed by atoms with Crippen molar-refractivity contribution in [1.29, 1.82) is 0 Å². The van der Waals surface area contributed by atoms with E-state index in [1.54, 1.807) is 7.05 Å². The molecule has 0 heterocycles. The molecular formula is C12H27N3O. The Kier molecular flexibility index (Phi) is 6.60. The van der Waals surface area contributed by atoms with E-state index in [9.17, 15) is 4.79 Å². The Hall–Kier alpha value is -0.610. The first kappa shape index (κ1) is 15.4. The number of rotatable bonds is 7. The number of amides is 1. The van der Waals surface area contributed by atoms with Crippen molar-refractivity contribution in [2.45, 2.75) is 45.7 Å². The van der Waals surface area contributed by atoms with Gasteiger partial charge in [-0.25, -0.2) is 0 Å². The molecule has 0 aliphatic carbocycles. The monoisotopic (exact) mass is 229 g/mol. The molecule has 0 unspecified atom stereocenters. The number of likely N-dealkylation sites (N-methyl/N-ethyl adjacent to an activating group) is 1. The SMILES string of the molecule is CNC(C)(C)C(=O)NCCCN(C)C(C)C. The summed E-state index contributed by atoms with van der Waals surface area (Å²) in [5.74, 6) is 0.0576. The lowest BCUT2D eigenvalue weighted by Gasteiger charge is -2.24. The molecular weight excluding hydrogens is 202 g/mol. The van der Waals surface area contributed by atoms with Gasteiger partial charge in [0.2, 0.25) is 5.91 Å². The van der Waals surface area contributed by atoms with Gasteiger partial charge in [-0.15, -0.1) is 0 Å². The van der Waals surface area contributed by atoms with Crippen LogP contribution in [0.4, 0.5) is 0 Å². The molecule has 0 spiro atoms. The smallest absolute Gasteiger partial charge is 0.239 e. The maximum absolute atomic E-state index is 11.7. The third-order valence-corrected chi connectivity index (χ3v) is 3.05. The van der Waals surface area contributed by atoms with Crippen molar-refractivity contribution in [2.75, 3.05) is 27.2 Å². The van der Waals surface area contributed by atoms with Crippen LogP contribution in [0.3, 0.4) is 0 Å². The van der Waals surface area contributed by atoms with Crippen LogP contribution in [-0.4, -0.2) is 49.6 Å². The van der Waals surface area contributed by atoms with Crippen LogP contribution in [-0.2, 0) is 4.79 Å². The first-order chi connectivity index (χ1) is 7.31. The van der Waals surface area contributed by atoms with Crippen molar-refractivity contribution in [3.8, 4) is 0 Å². The van der Waals surface area contributed by atoms with E-state index in [0.29, 0.717) is 6.04 Å². The second-order valence-corrected chi connectivity index (χ2v) is 5.06. The van der Waals surface area contributed by atoms with Gasteiger partial charge in [-0.1, -0.05) is 0 Å². The number of nitrogens with zero attached hydrogens (tertiary/aromatic N) is 1. The summed E-state index contributed by atoms with van der Waals surface area (Å²) in [6.45, 7) is 9.84. The van der Waals surface area contributed by atoms with Gasteiger partial charge in [0.15, 0.2) is 0 Å². The summed E-state index contributed by atoms with van der Waals surface area (Å²) in [4.78, 5) is 14.0. The predicted octanol–water partition coefficient (Wildman–Crippen LogP) is 0.831.